The third-order valence-electron chi connectivity index (χ3n) is 4.37. The highest BCUT2D eigenvalue weighted by Crippen LogP contribution is 2.35. The minimum Gasteiger partial charge on any atom is -0.0990 e. The van der Waals surface area contributed by atoms with Crippen molar-refractivity contribution in [2.75, 3.05) is 0 Å². The first-order chi connectivity index (χ1) is 9.74. The third kappa shape index (κ3) is 3.72. The Morgan fingerprint density at radius 2 is 1.75 bits per heavy atom. The normalized spacial score (nSPS) is 24.0. The quantitative estimate of drug-likeness (QED) is 0.575. The SMILES string of the molecule is C=C/C=C(\C=C\C)c1ccc(C2CCC(C)CC2)cc1. The second kappa shape index (κ2) is 7.28. The van der Waals surface area contributed by atoms with Gasteiger partial charge in [0.05, 0.1) is 0 Å². The molecule has 1 fully saturated rings. The van der Waals surface area contributed by atoms with Gasteiger partial charge >= 0.3 is 0 Å². The number of benzene rings is 1. The molecule has 0 aliphatic heterocycles. The predicted molar refractivity (Wildman–Crippen MR) is 89.8 cm³/mol. The van der Waals surface area contributed by atoms with Gasteiger partial charge in [-0.05, 0) is 48.3 Å². The molecular weight excluding hydrogens is 240 g/mol. The van der Waals surface area contributed by atoms with Gasteiger partial charge in [0.15, 0.2) is 0 Å². The summed E-state index contributed by atoms with van der Waals surface area (Å²) < 4.78 is 0. The molecule has 1 aromatic carbocycles. The zero-order valence-corrected chi connectivity index (χ0v) is 12.8. The lowest BCUT2D eigenvalue weighted by molar-refractivity contribution is 0.348. The second-order valence-electron chi connectivity index (χ2n) is 5.94. The first-order valence-corrected chi connectivity index (χ1v) is 7.80. The van der Waals surface area contributed by atoms with Crippen molar-refractivity contribution in [1.82, 2.24) is 0 Å². The smallest absolute Gasteiger partial charge is 0.0162 e. The predicted octanol–water partition coefficient (Wildman–Crippen LogP) is 6.13. The molecule has 0 aromatic heterocycles. The second-order valence-corrected chi connectivity index (χ2v) is 5.94. The Morgan fingerprint density at radius 3 is 2.30 bits per heavy atom. The first-order valence-electron chi connectivity index (χ1n) is 7.80. The van der Waals surface area contributed by atoms with Gasteiger partial charge in [-0.15, -0.1) is 0 Å². The Morgan fingerprint density at radius 1 is 1.10 bits per heavy atom. The van der Waals surface area contributed by atoms with Crippen LogP contribution in [0.4, 0.5) is 0 Å². The van der Waals surface area contributed by atoms with Gasteiger partial charge in [-0.2, -0.15) is 0 Å². The molecule has 0 amide bonds. The molecule has 0 saturated heterocycles. The Labute approximate surface area is 123 Å². The molecule has 2 rings (SSSR count). The van der Waals surface area contributed by atoms with Crippen LogP contribution in [0.1, 0.15) is 56.6 Å². The van der Waals surface area contributed by atoms with E-state index in [1.54, 1.807) is 0 Å². The zero-order valence-electron chi connectivity index (χ0n) is 12.8. The van der Waals surface area contributed by atoms with Crippen LogP contribution in [-0.2, 0) is 0 Å². The Bertz CT molecular complexity index is 479. The van der Waals surface area contributed by atoms with Crippen LogP contribution in [0, 0.1) is 5.92 Å². The van der Waals surface area contributed by atoms with E-state index in [-0.39, 0.29) is 0 Å². The summed E-state index contributed by atoms with van der Waals surface area (Å²) in [6, 6.07) is 9.14. The van der Waals surface area contributed by atoms with E-state index in [4.69, 9.17) is 0 Å². The van der Waals surface area contributed by atoms with Crippen LogP contribution in [0.3, 0.4) is 0 Å². The molecule has 106 valence electrons. The summed E-state index contributed by atoms with van der Waals surface area (Å²) in [5, 5.41) is 0. The molecule has 0 unspecified atom stereocenters. The molecule has 0 nitrogen and oxygen atoms in total. The molecule has 0 bridgehead atoms. The van der Waals surface area contributed by atoms with Crippen molar-refractivity contribution in [2.45, 2.75) is 45.4 Å². The van der Waals surface area contributed by atoms with Crippen LogP contribution >= 0.6 is 0 Å². The highest BCUT2D eigenvalue weighted by atomic mass is 14.2. The molecule has 1 aliphatic carbocycles. The lowest BCUT2D eigenvalue weighted by Gasteiger charge is -2.26. The van der Waals surface area contributed by atoms with Crippen LogP contribution in [-0.4, -0.2) is 0 Å². The van der Waals surface area contributed by atoms with E-state index >= 15 is 0 Å². The first kappa shape index (κ1) is 14.8. The van der Waals surface area contributed by atoms with E-state index in [1.165, 1.54) is 42.4 Å². The summed E-state index contributed by atoms with van der Waals surface area (Å²) in [5.74, 6) is 1.69. The Kier molecular flexibility index (Phi) is 5.40. The van der Waals surface area contributed by atoms with Crippen molar-refractivity contribution in [3.63, 3.8) is 0 Å². The number of hydrogen-bond acceptors (Lipinski definition) is 0. The Balaban J connectivity index is 2.13. The van der Waals surface area contributed by atoms with Crippen LogP contribution in [0.5, 0.6) is 0 Å². The van der Waals surface area contributed by atoms with Gasteiger partial charge in [0.1, 0.15) is 0 Å². The van der Waals surface area contributed by atoms with E-state index in [0.29, 0.717) is 0 Å². The Hall–Kier alpha value is -1.56. The zero-order chi connectivity index (χ0) is 14.4. The fourth-order valence-corrected chi connectivity index (χ4v) is 3.10. The molecule has 0 spiro atoms. The summed E-state index contributed by atoms with van der Waals surface area (Å²) in [6.45, 7) is 8.22. The minimum absolute atomic E-state index is 0.772. The molecular formula is C20H26. The standard InChI is InChI=1S/C20H26/c1-4-6-17(7-5-2)19-12-14-20(15-13-19)18-10-8-16(3)9-11-18/h4-7,12-16,18H,1,8-11H2,2-3H3/b7-5+,17-6+. The van der Waals surface area contributed by atoms with Crippen LogP contribution < -0.4 is 0 Å². The van der Waals surface area contributed by atoms with Crippen LogP contribution in [0.15, 0.2) is 55.1 Å². The number of allylic oxidation sites excluding steroid dienone is 5. The van der Waals surface area contributed by atoms with Gasteiger partial charge in [0.25, 0.3) is 0 Å². The molecule has 0 atom stereocenters. The summed E-state index contributed by atoms with van der Waals surface area (Å²) in [6.07, 6.45) is 13.6. The van der Waals surface area contributed by atoms with Crippen LogP contribution in [0.2, 0.25) is 0 Å². The minimum atomic E-state index is 0.772. The molecule has 0 N–H and O–H groups in total. The van der Waals surface area contributed by atoms with Crippen molar-refractivity contribution in [3.05, 3.63) is 66.3 Å². The van der Waals surface area contributed by atoms with E-state index < -0.39 is 0 Å². The highest BCUT2D eigenvalue weighted by Gasteiger charge is 2.19. The third-order valence-corrected chi connectivity index (χ3v) is 4.37. The van der Waals surface area contributed by atoms with Crippen molar-refractivity contribution in [1.29, 1.82) is 0 Å². The summed E-state index contributed by atoms with van der Waals surface area (Å²) in [5.41, 5.74) is 4.02. The maximum absolute atomic E-state index is 3.80. The van der Waals surface area contributed by atoms with E-state index in [2.05, 4.69) is 62.9 Å². The largest absolute Gasteiger partial charge is 0.0990 e. The summed E-state index contributed by atoms with van der Waals surface area (Å²) in [4.78, 5) is 0. The summed E-state index contributed by atoms with van der Waals surface area (Å²) >= 11 is 0. The molecule has 20 heavy (non-hydrogen) atoms. The maximum Gasteiger partial charge on any atom is -0.0162 e. The van der Waals surface area contributed by atoms with Gasteiger partial charge in [-0.3, -0.25) is 0 Å². The monoisotopic (exact) mass is 266 g/mol. The molecule has 1 saturated carbocycles. The van der Waals surface area contributed by atoms with Crippen molar-refractivity contribution >= 4 is 5.57 Å². The average molecular weight is 266 g/mol. The maximum atomic E-state index is 3.80. The molecule has 1 aromatic rings. The fourth-order valence-electron chi connectivity index (χ4n) is 3.10. The van der Waals surface area contributed by atoms with Crippen molar-refractivity contribution in [2.24, 2.45) is 5.92 Å². The van der Waals surface area contributed by atoms with E-state index in [9.17, 15) is 0 Å². The van der Waals surface area contributed by atoms with Crippen molar-refractivity contribution < 1.29 is 0 Å². The lowest BCUT2D eigenvalue weighted by Crippen LogP contribution is -2.10. The molecule has 0 heteroatoms. The van der Waals surface area contributed by atoms with Gasteiger partial charge in [0.2, 0.25) is 0 Å². The van der Waals surface area contributed by atoms with Crippen molar-refractivity contribution in [3.8, 4) is 0 Å². The van der Waals surface area contributed by atoms with E-state index in [1.807, 2.05) is 6.08 Å². The number of rotatable bonds is 4. The summed E-state index contributed by atoms with van der Waals surface area (Å²) in [7, 11) is 0. The topological polar surface area (TPSA) is 0 Å². The number of hydrogen-bond donors (Lipinski definition) is 0. The van der Waals surface area contributed by atoms with Gasteiger partial charge in [-0.1, -0.05) is 74.9 Å². The van der Waals surface area contributed by atoms with Gasteiger partial charge in [0, 0.05) is 0 Å². The van der Waals surface area contributed by atoms with Crippen LogP contribution in [0.25, 0.3) is 5.57 Å². The van der Waals surface area contributed by atoms with Gasteiger partial charge in [-0.25, -0.2) is 0 Å². The highest BCUT2D eigenvalue weighted by molar-refractivity contribution is 5.75. The average Bonchev–Trinajstić information content (AvgIpc) is 2.48. The fraction of sp³-hybridized carbons (Fsp3) is 0.400. The van der Waals surface area contributed by atoms with Gasteiger partial charge < -0.3 is 0 Å². The molecule has 1 aliphatic rings. The van der Waals surface area contributed by atoms with E-state index in [0.717, 1.165) is 11.8 Å². The molecule has 0 heterocycles. The molecule has 0 radical (unpaired) electrons. The lowest BCUT2D eigenvalue weighted by atomic mass is 9.79.